The number of carbonyl (C=O) groups is 2. The van der Waals surface area contributed by atoms with E-state index in [1.165, 1.54) is 4.90 Å². The summed E-state index contributed by atoms with van der Waals surface area (Å²) in [5, 5.41) is 0. The molecule has 3 aromatic carbocycles. The number of benzene rings is 3. The summed E-state index contributed by atoms with van der Waals surface area (Å²) in [5.74, 6) is -1.37. The van der Waals surface area contributed by atoms with E-state index in [2.05, 4.69) is 56.1 Å². The first kappa shape index (κ1) is 18.5. The third kappa shape index (κ3) is 1.96. The van der Waals surface area contributed by atoms with Crippen LogP contribution in [-0.2, 0) is 18.2 Å². The fraction of sp³-hybridized carbons (Fsp3) is 0.200. The zero-order valence-electron chi connectivity index (χ0n) is 16.1. The lowest BCUT2D eigenvalue weighted by molar-refractivity contribution is -0.122. The molecule has 0 N–H and O–H groups in total. The Bertz CT molecular complexity index is 1130. The third-order valence-corrected chi connectivity index (χ3v) is 9.57. The highest BCUT2D eigenvalue weighted by Gasteiger charge is 2.72. The molecule has 1 aliphatic heterocycles. The first-order chi connectivity index (χ1) is 14.4. The van der Waals surface area contributed by atoms with Gasteiger partial charge in [-0.1, -0.05) is 98.1 Å². The van der Waals surface area contributed by atoms with E-state index in [0.29, 0.717) is 5.69 Å². The van der Waals surface area contributed by atoms with Crippen molar-refractivity contribution in [2.75, 3.05) is 4.90 Å². The molecule has 0 spiro atoms. The largest absolute Gasteiger partial charge is 0.274 e. The van der Waals surface area contributed by atoms with Gasteiger partial charge in [-0.25, -0.2) is 4.90 Å². The molecule has 1 heterocycles. The van der Waals surface area contributed by atoms with Crippen LogP contribution in [-0.4, -0.2) is 11.8 Å². The lowest BCUT2D eigenvalue weighted by Gasteiger charge is -2.55. The smallest absolute Gasteiger partial charge is 0.239 e. The minimum Gasteiger partial charge on any atom is -0.274 e. The van der Waals surface area contributed by atoms with Gasteiger partial charge >= 0.3 is 0 Å². The van der Waals surface area contributed by atoms with Crippen LogP contribution in [0.15, 0.2) is 72.8 Å². The van der Waals surface area contributed by atoms with E-state index in [1.807, 2.05) is 55.5 Å². The second kappa shape index (κ2) is 5.92. The molecule has 2 amide bonds. The highest BCUT2D eigenvalue weighted by atomic mass is 79.9. The summed E-state index contributed by atoms with van der Waals surface area (Å²) < 4.78 is -1.49. The Morgan fingerprint density at radius 1 is 0.667 bits per heavy atom. The van der Waals surface area contributed by atoms with E-state index >= 15 is 0 Å². The van der Waals surface area contributed by atoms with Crippen LogP contribution in [0.3, 0.4) is 0 Å². The molecule has 3 nitrogen and oxygen atoms in total. The Balaban J connectivity index is 1.66. The van der Waals surface area contributed by atoms with Crippen LogP contribution < -0.4 is 4.90 Å². The first-order valence-electron chi connectivity index (χ1n) is 9.92. The minimum absolute atomic E-state index is 0.154. The van der Waals surface area contributed by atoms with Crippen molar-refractivity contribution < 1.29 is 9.59 Å². The summed E-state index contributed by atoms with van der Waals surface area (Å²) >= 11 is 8.04. The fourth-order valence-corrected chi connectivity index (χ4v) is 7.92. The summed E-state index contributed by atoms with van der Waals surface area (Å²) in [5.41, 5.74) is 5.92. The standard InChI is InChI=1S/C25H17Br2NO2/c1-14-10-12-15(13-11-14)28-22(29)20-21(23(28)30)25(27)17-7-3-2-6-16(17)24(20,26)18-8-4-5-9-19(18)25/h2-13,20-21H,1H3/t20-,21?,24?,25?/m0/s1. The second-order valence-corrected chi connectivity index (χ2v) is 10.8. The average molecular weight is 523 g/mol. The quantitative estimate of drug-likeness (QED) is 0.317. The van der Waals surface area contributed by atoms with Crippen LogP contribution in [0.2, 0.25) is 0 Å². The number of amides is 2. The van der Waals surface area contributed by atoms with Crippen LogP contribution >= 0.6 is 31.9 Å². The molecule has 2 bridgehead atoms. The predicted molar refractivity (Wildman–Crippen MR) is 123 cm³/mol. The van der Waals surface area contributed by atoms with Gasteiger partial charge in [0.1, 0.15) is 0 Å². The van der Waals surface area contributed by atoms with E-state index in [-0.39, 0.29) is 11.8 Å². The maximum absolute atomic E-state index is 13.8. The number of hydrogen-bond acceptors (Lipinski definition) is 2. The number of imide groups is 1. The number of nitrogens with zero attached hydrogens (tertiary/aromatic N) is 1. The van der Waals surface area contributed by atoms with Crippen molar-refractivity contribution in [2.45, 2.75) is 15.6 Å². The summed E-state index contributed by atoms with van der Waals surface area (Å²) in [6.07, 6.45) is 0. The maximum Gasteiger partial charge on any atom is 0.239 e. The summed E-state index contributed by atoms with van der Waals surface area (Å²) in [7, 11) is 0. The Labute approximate surface area is 191 Å². The molecule has 148 valence electrons. The molecule has 4 aliphatic rings. The van der Waals surface area contributed by atoms with Gasteiger partial charge < -0.3 is 0 Å². The Morgan fingerprint density at radius 3 is 1.40 bits per heavy atom. The van der Waals surface area contributed by atoms with Gasteiger partial charge in [-0.15, -0.1) is 0 Å². The zero-order chi connectivity index (χ0) is 20.8. The average Bonchev–Trinajstić information content (AvgIpc) is 3.04. The molecular formula is C25H17Br2NO2. The highest BCUT2D eigenvalue weighted by Crippen LogP contribution is 2.70. The van der Waals surface area contributed by atoms with Crippen molar-refractivity contribution in [1.82, 2.24) is 0 Å². The molecule has 1 unspecified atom stereocenters. The summed E-state index contributed by atoms with van der Waals surface area (Å²) in [6, 6.07) is 23.8. The number of hydrogen-bond donors (Lipinski definition) is 0. The number of alkyl halides is 2. The van der Waals surface area contributed by atoms with Crippen molar-refractivity contribution in [3.05, 3.63) is 101 Å². The van der Waals surface area contributed by atoms with E-state index in [1.54, 1.807) is 0 Å². The molecule has 0 aromatic heterocycles. The molecule has 7 rings (SSSR count). The van der Waals surface area contributed by atoms with Gasteiger partial charge in [-0.2, -0.15) is 0 Å². The van der Waals surface area contributed by atoms with E-state index in [9.17, 15) is 9.59 Å². The number of carbonyl (C=O) groups excluding carboxylic acids is 2. The van der Waals surface area contributed by atoms with Crippen molar-refractivity contribution >= 4 is 49.4 Å². The molecular weight excluding hydrogens is 506 g/mol. The Kier molecular flexibility index (Phi) is 3.66. The molecule has 0 saturated carbocycles. The molecule has 1 fully saturated rings. The third-order valence-electron chi connectivity index (χ3n) is 6.88. The number of rotatable bonds is 1. The van der Waals surface area contributed by atoms with Crippen molar-refractivity contribution in [1.29, 1.82) is 0 Å². The fourth-order valence-electron chi connectivity index (χ4n) is 5.62. The molecule has 0 radical (unpaired) electrons. The SMILES string of the molecule is Cc1ccc(N2C(=O)C3[C@@H](C2=O)C2(Br)c4ccccc4C3(Br)c3ccccc32)cc1. The first-order valence-corrected chi connectivity index (χ1v) is 11.5. The van der Waals surface area contributed by atoms with Crippen molar-refractivity contribution in [2.24, 2.45) is 11.8 Å². The lowest BCUT2D eigenvalue weighted by Crippen LogP contribution is -2.56. The van der Waals surface area contributed by atoms with Gasteiger partial charge in [0.25, 0.3) is 0 Å². The van der Waals surface area contributed by atoms with Crippen LogP contribution in [0.1, 0.15) is 27.8 Å². The van der Waals surface area contributed by atoms with Crippen molar-refractivity contribution in [3.63, 3.8) is 0 Å². The van der Waals surface area contributed by atoms with E-state index in [0.717, 1.165) is 27.8 Å². The molecule has 1 saturated heterocycles. The normalized spacial score (nSPS) is 30.8. The maximum atomic E-state index is 13.8. The molecule has 5 heteroatoms. The second-order valence-electron chi connectivity index (χ2n) is 8.32. The number of halogens is 2. The van der Waals surface area contributed by atoms with Crippen molar-refractivity contribution in [3.8, 4) is 0 Å². The topological polar surface area (TPSA) is 37.4 Å². The van der Waals surface area contributed by atoms with Gasteiger partial charge in [-0.05, 0) is 41.3 Å². The monoisotopic (exact) mass is 521 g/mol. The molecule has 2 atom stereocenters. The summed E-state index contributed by atoms with van der Waals surface area (Å²) in [4.78, 5) is 29.1. The highest BCUT2D eigenvalue weighted by molar-refractivity contribution is 9.10. The lowest BCUT2D eigenvalue weighted by atomic mass is 9.54. The van der Waals surface area contributed by atoms with E-state index in [4.69, 9.17) is 0 Å². The van der Waals surface area contributed by atoms with Crippen LogP contribution in [0, 0.1) is 18.8 Å². The zero-order valence-corrected chi connectivity index (χ0v) is 19.3. The Hall–Kier alpha value is -2.24. The van der Waals surface area contributed by atoms with Crippen LogP contribution in [0.4, 0.5) is 5.69 Å². The predicted octanol–water partition coefficient (Wildman–Crippen LogP) is 5.40. The Morgan fingerprint density at radius 2 is 1.03 bits per heavy atom. The molecule has 3 aromatic rings. The summed E-state index contributed by atoms with van der Waals surface area (Å²) in [6.45, 7) is 1.99. The van der Waals surface area contributed by atoms with Gasteiger partial charge in [0.15, 0.2) is 0 Å². The van der Waals surface area contributed by atoms with Gasteiger partial charge in [0.2, 0.25) is 11.8 Å². The minimum atomic E-state index is -0.743. The van der Waals surface area contributed by atoms with Crippen LogP contribution in [0.5, 0.6) is 0 Å². The van der Waals surface area contributed by atoms with Gasteiger partial charge in [-0.3, -0.25) is 9.59 Å². The van der Waals surface area contributed by atoms with E-state index < -0.39 is 20.5 Å². The van der Waals surface area contributed by atoms with Gasteiger partial charge in [0, 0.05) is 0 Å². The number of anilines is 1. The molecule has 3 aliphatic carbocycles. The van der Waals surface area contributed by atoms with Gasteiger partial charge in [0.05, 0.1) is 26.2 Å². The number of aryl methyl sites for hydroxylation is 1. The molecule has 30 heavy (non-hydrogen) atoms. The van der Waals surface area contributed by atoms with Crippen LogP contribution in [0.25, 0.3) is 0 Å².